The Kier molecular flexibility index (Phi) is 9.40. The first-order chi connectivity index (χ1) is 28.8. The first kappa shape index (κ1) is 36.5. The summed E-state index contributed by atoms with van der Waals surface area (Å²) in [4.78, 5) is 15.7. The molecule has 10 aromatic rings. The molecule has 59 heavy (non-hydrogen) atoms. The number of nitrogens with zero attached hydrogens (tertiary/aromatic N) is 3. The monoisotopic (exact) mass is 791 g/mol. The van der Waals surface area contributed by atoms with E-state index in [1.165, 1.54) is 58.7 Å². The van der Waals surface area contributed by atoms with E-state index in [-0.39, 0.29) is 0 Å². The van der Waals surface area contributed by atoms with Gasteiger partial charge in [0.1, 0.15) is 0 Å². The summed E-state index contributed by atoms with van der Waals surface area (Å²) in [6.45, 7) is 7.13. The molecule has 2 heterocycles. The molecule has 10 rings (SSSR count). The normalized spacial score (nSPS) is 11.6. The molecule has 5 heteroatoms. The lowest BCUT2D eigenvalue weighted by Crippen LogP contribution is -2.37. The SMILES string of the molecule is C[Si](C)(C)c1cccc(-c2nc(-c3cccc(-c4cccc(-c5ccc(-c6ccc(-c7ccccc7)cc6)cc5)c4)c3)nc(-c3cccc4sc5ccccc5c34)n2)c1. The molecule has 0 fully saturated rings. The maximum Gasteiger partial charge on any atom is 0.164 e. The van der Waals surface area contributed by atoms with Crippen LogP contribution in [0, 0.1) is 0 Å². The molecule has 0 aliphatic rings. The fourth-order valence-corrected chi connectivity index (χ4v) is 10.2. The van der Waals surface area contributed by atoms with Crippen LogP contribution in [0.2, 0.25) is 19.6 Å². The fourth-order valence-electron chi connectivity index (χ4n) is 7.90. The minimum atomic E-state index is -1.59. The molecule has 0 radical (unpaired) electrons. The number of rotatable bonds is 8. The molecule has 0 aliphatic heterocycles. The van der Waals surface area contributed by atoms with Crippen LogP contribution in [0.4, 0.5) is 0 Å². The van der Waals surface area contributed by atoms with Crippen LogP contribution in [0.1, 0.15) is 0 Å². The van der Waals surface area contributed by atoms with Crippen LogP contribution < -0.4 is 5.19 Å². The van der Waals surface area contributed by atoms with Crippen LogP contribution >= 0.6 is 11.3 Å². The zero-order chi connectivity index (χ0) is 39.9. The van der Waals surface area contributed by atoms with Crippen molar-refractivity contribution in [3.05, 3.63) is 194 Å². The average molecular weight is 792 g/mol. The van der Waals surface area contributed by atoms with Crippen molar-refractivity contribution < 1.29 is 0 Å². The first-order valence-electron chi connectivity index (χ1n) is 20.1. The Balaban J connectivity index is 1.01. The Morgan fingerprint density at radius 3 is 1.39 bits per heavy atom. The van der Waals surface area contributed by atoms with Crippen LogP contribution in [0.25, 0.3) is 98.8 Å². The van der Waals surface area contributed by atoms with Crippen LogP contribution in [0.15, 0.2) is 194 Å². The molecule has 0 atom stereocenters. The van der Waals surface area contributed by atoms with Crippen molar-refractivity contribution in [1.82, 2.24) is 15.0 Å². The van der Waals surface area contributed by atoms with E-state index in [0.29, 0.717) is 17.5 Å². The van der Waals surface area contributed by atoms with Crippen molar-refractivity contribution in [2.45, 2.75) is 19.6 Å². The maximum atomic E-state index is 5.25. The third-order valence-electron chi connectivity index (χ3n) is 11.1. The topological polar surface area (TPSA) is 38.7 Å². The number of fused-ring (bicyclic) bond motifs is 3. The molecule has 0 saturated heterocycles. The standard InChI is InChI=1S/C54H41N3SSi/c1-59(2,3)46-20-11-19-45(35-46)53-55-52(56-54(57-53)48-22-12-24-50-51(48)47-21-7-8-23-49(47)58-50)44-18-10-17-43(34-44)42-16-9-15-41(33-42)40-31-29-39(30-32-40)38-27-25-37(26-28-38)36-13-5-4-6-14-36/h4-35H,1-3H3. The summed E-state index contributed by atoms with van der Waals surface area (Å²) in [5, 5.41) is 3.78. The Morgan fingerprint density at radius 1 is 0.339 bits per heavy atom. The van der Waals surface area contributed by atoms with Gasteiger partial charge in [0.05, 0.1) is 8.07 Å². The second kappa shape index (κ2) is 15.2. The van der Waals surface area contributed by atoms with E-state index >= 15 is 0 Å². The van der Waals surface area contributed by atoms with Gasteiger partial charge in [-0.3, -0.25) is 0 Å². The molecule has 0 spiro atoms. The summed E-state index contributed by atoms with van der Waals surface area (Å²) in [5.41, 5.74) is 12.4. The third-order valence-corrected chi connectivity index (χ3v) is 14.3. The summed E-state index contributed by atoms with van der Waals surface area (Å²) in [5.74, 6) is 2.02. The molecule has 8 aromatic carbocycles. The van der Waals surface area contributed by atoms with E-state index in [9.17, 15) is 0 Å². The Hall–Kier alpha value is -6.79. The van der Waals surface area contributed by atoms with E-state index in [1.807, 2.05) is 11.3 Å². The number of aromatic nitrogens is 3. The highest BCUT2D eigenvalue weighted by molar-refractivity contribution is 7.25. The first-order valence-corrected chi connectivity index (χ1v) is 24.4. The number of hydrogen-bond donors (Lipinski definition) is 0. The van der Waals surface area contributed by atoms with Crippen molar-refractivity contribution in [2.75, 3.05) is 0 Å². The van der Waals surface area contributed by atoms with Crippen LogP contribution in [0.3, 0.4) is 0 Å². The van der Waals surface area contributed by atoms with Gasteiger partial charge in [-0.1, -0.05) is 195 Å². The van der Waals surface area contributed by atoms with Gasteiger partial charge in [0.2, 0.25) is 0 Å². The summed E-state index contributed by atoms with van der Waals surface area (Å²) < 4.78 is 2.48. The van der Waals surface area contributed by atoms with Gasteiger partial charge in [0.15, 0.2) is 17.5 Å². The van der Waals surface area contributed by atoms with Crippen LogP contribution in [0.5, 0.6) is 0 Å². The van der Waals surface area contributed by atoms with Crippen molar-refractivity contribution in [3.8, 4) is 78.7 Å². The second-order valence-electron chi connectivity index (χ2n) is 16.1. The summed E-state index contributed by atoms with van der Waals surface area (Å²) in [6.07, 6.45) is 0. The highest BCUT2D eigenvalue weighted by Gasteiger charge is 2.20. The van der Waals surface area contributed by atoms with Gasteiger partial charge >= 0.3 is 0 Å². The van der Waals surface area contributed by atoms with Crippen LogP contribution in [-0.2, 0) is 0 Å². The smallest absolute Gasteiger partial charge is 0.164 e. The van der Waals surface area contributed by atoms with Crippen LogP contribution in [-0.4, -0.2) is 23.0 Å². The molecular formula is C54H41N3SSi. The van der Waals surface area contributed by atoms with Crippen molar-refractivity contribution in [2.24, 2.45) is 0 Å². The van der Waals surface area contributed by atoms with Crippen molar-refractivity contribution in [3.63, 3.8) is 0 Å². The van der Waals surface area contributed by atoms with Gasteiger partial charge in [-0.05, 0) is 68.8 Å². The molecule has 0 unspecified atom stereocenters. The van der Waals surface area contributed by atoms with E-state index in [2.05, 4.69) is 214 Å². The molecule has 0 aliphatic carbocycles. The minimum absolute atomic E-state index is 0.658. The van der Waals surface area contributed by atoms with Gasteiger partial charge in [-0.25, -0.2) is 15.0 Å². The van der Waals surface area contributed by atoms with E-state index in [4.69, 9.17) is 15.0 Å². The summed E-state index contributed by atoms with van der Waals surface area (Å²) in [6, 6.07) is 69.5. The maximum absolute atomic E-state index is 5.25. The summed E-state index contributed by atoms with van der Waals surface area (Å²) >= 11 is 1.81. The lowest BCUT2D eigenvalue weighted by atomic mass is 9.96. The predicted octanol–water partition coefficient (Wildman–Crippen LogP) is 14.5. The van der Waals surface area contributed by atoms with E-state index in [0.717, 1.165) is 27.8 Å². The van der Waals surface area contributed by atoms with Gasteiger partial charge in [-0.2, -0.15) is 0 Å². The molecule has 0 N–H and O–H groups in total. The Bertz CT molecular complexity index is 3130. The van der Waals surface area contributed by atoms with Crippen molar-refractivity contribution in [1.29, 1.82) is 0 Å². The number of hydrogen-bond acceptors (Lipinski definition) is 4. The van der Waals surface area contributed by atoms with E-state index in [1.54, 1.807) is 0 Å². The average Bonchev–Trinajstić information content (AvgIpc) is 3.68. The molecular weight excluding hydrogens is 751 g/mol. The lowest BCUT2D eigenvalue weighted by molar-refractivity contribution is 1.08. The van der Waals surface area contributed by atoms with Gasteiger partial charge < -0.3 is 0 Å². The molecule has 0 amide bonds. The number of thiophene rings is 1. The van der Waals surface area contributed by atoms with Gasteiger partial charge in [-0.15, -0.1) is 11.3 Å². The van der Waals surface area contributed by atoms with Crippen molar-refractivity contribution >= 4 is 44.8 Å². The molecule has 0 bridgehead atoms. The highest BCUT2D eigenvalue weighted by Crippen LogP contribution is 2.40. The molecule has 3 nitrogen and oxygen atoms in total. The molecule has 2 aromatic heterocycles. The van der Waals surface area contributed by atoms with Gasteiger partial charge in [0, 0.05) is 36.9 Å². The fraction of sp³-hybridized carbons (Fsp3) is 0.0556. The van der Waals surface area contributed by atoms with Gasteiger partial charge in [0.25, 0.3) is 0 Å². The zero-order valence-corrected chi connectivity index (χ0v) is 35.0. The Labute approximate surface area is 350 Å². The number of benzene rings is 8. The minimum Gasteiger partial charge on any atom is -0.208 e. The molecule has 282 valence electrons. The lowest BCUT2D eigenvalue weighted by Gasteiger charge is -2.17. The van der Waals surface area contributed by atoms with E-state index < -0.39 is 8.07 Å². The third kappa shape index (κ3) is 7.31. The second-order valence-corrected chi connectivity index (χ2v) is 22.3. The summed E-state index contributed by atoms with van der Waals surface area (Å²) in [7, 11) is -1.59. The highest BCUT2D eigenvalue weighted by atomic mass is 32.1. The quantitative estimate of drug-likeness (QED) is 0.144. The largest absolute Gasteiger partial charge is 0.208 e. The molecule has 0 saturated carbocycles. The predicted molar refractivity (Wildman–Crippen MR) is 254 cm³/mol. The zero-order valence-electron chi connectivity index (χ0n) is 33.2. The Morgan fingerprint density at radius 2 is 0.763 bits per heavy atom.